The molecule has 2 amide bonds. The van der Waals surface area contributed by atoms with E-state index >= 15 is 0 Å². The first-order valence-corrected chi connectivity index (χ1v) is 10.5. The standard InChI is InChI=1S/C23H23ClFN3O2/c24-18-13-16(9-10-19(18)25)14-26-20(29)15-28-22(30)21(17-7-3-1-4-8-17)27-23(28)11-5-2-6-12-23/h1,3-4,7-10,13H,2,5-6,11-12,14-15H2,(H,26,29). The van der Waals surface area contributed by atoms with Crippen LogP contribution in [0, 0.1) is 5.82 Å². The van der Waals surface area contributed by atoms with Crippen molar-refractivity contribution in [2.24, 2.45) is 4.99 Å². The lowest BCUT2D eigenvalue weighted by molar-refractivity contribution is -0.136. The molecule has 7 heteroatoms. The van der Waals surface area contributed by atoms with Crippen molar-refractivity contribution >= 4 is 29.1 Å². The summed E-state index contributed by atoms with van der Waals surface area (Å²) >= 11 is 5.80. The van der Waals surface area contributed by atoms with E-state index in [0.29, 0.717) is 11.3 Å². The minimum absolute atomic E-state index is 0.0125. The van der Waals surface area contributed by atoms with Crippen molar-refractivity contribution in [2.45, 2.75) is 44.3 Å². The Morgan fingerprint density at radius 3 is 2.57 bits per heavy atom. The summed E-state index contributed by atoms with van der Waals surface area (Å²) in [6, 6.07) is 13.7. The van der Waals surface area contributed by atoms with E-state index in [1.807, 2.05) is 30.3 Å². The molecule has 0 unspecified atom stereocenters. The molecule has 30 heavy (non-hydrogen) atoms. The third-order valence-electron chi connectivity index (χ3n) is 5.75. The zero-order valence-corrected chi connectivity index (χ0v) is 17.3. The highest BCUT2D eigenvalue weighted by Gasteiger charge is 2.48. The van der Waals surface area contributed by atoms with Crippen LogP contribution < -0.4 is 5.32 Å². The number of hydrogen-bond acceptors (Lipinski definition) is 3. The van der Waals surface area contributed by atoms with E-state index in [4.69, 9.17) is 16.6 Å². The first-order chi connectivity index (χ1) is 14.5. The van der Waals surface area contributed by atoms with E-state index in [-0.39, 0.29) is 29.9 Å². The number of hydrogen-bond donors (Lipinski definition) is 1. The summed E-state index contributed by atoms with van der Waals surface area (Å²) in [6.07, 6.45) is 4.58. The molecule has 1 fully saturated rings. The highest BCUT2D eigenvalue weighted by Crippen LogP contribution is 2.39. The van der Waals surface area contributed by atoms with Crippen molar-refractivity contribution < 1.29 is 14.0 Å². The molecule has 1 aliphatic heterocycles. The molecule has 2 aromatic rings. The number of nitrogens with one attached hydrogen (secondary N) is 1. The number of aliphatic imine (C=N–C) groups is 1. The molecule has 1 N–H and O–H groups in total. The predicted octanol–water partition coefficient (Wildman–Crippen LogP) is 4.09. The van der Waals surface area contributed by atoms with Gasteiger partial charge in [-0.1, -0.05) is 54.4 Å². The van der Waals surface area contributed by atoms with Crippen LogP contribution in [-0.4, -0.2) is 34.6 Å². The van der Waals surface area contributed by atoms with Crippen LogP contribution in [0.1, 0.15) is 43.2 Å². The maximum absolute atomic E-state index is 13.3. The molecule has 1 heterocycles. The number of carbonyl (C=O) groups is 2. The van der Waals surface area contributed by atoms with Crippen LogP contribution in [0.25, 0.3) is 0 Å². The van der Waals surface area contributed by atoms with E-state index < -0.39 is 11.5 Å². The number of rotatable bonds is 5. The fourth-order valence-electron chi connectivity index (χ4n) is 4.19. The van der Waals surface area contributed by atoms with Gasteiger partial charge in [0.2, 0.25) is 5.91 Å². The SMILES string of the molecule is O=C(CN1C(=O)C(c2ccccc2)=NC12CCCCC2)NCc1ccc(F)c(Cl)c1. The second kappa shape index (κ2) is 8.56. The van der Waals surface area contributed by atoms with Gasteiger partial charge in [0, 0.05) is 12.1 Å². The molecule has 0 atom stereocenters. The van der Waals surface area contributed by atoms with Crippen molar-refractivity contribution in [1.29, 1.82) is 0 Å². The number of amides is 2. The van der Waals surface area contributed by atoms with Gasteiger partial charge < -0.3 is 10.2 Å². The lowest BCUT2D eigenvalue weighted by Gasteiger charge is -2.38. The van der Waals surface area contributed by atoms with Gasteiger partial charge in [0.25, 0.3) is 5.91 Å². The van der Waals surface area contributed by atoms with Gasteiger partial charge in [0.1, 0.15) is 23.7 Å². The van der Waals surface area contributed by atoms with Gasteiger partial charge in [-0.3, -0.25) is 14.6 Å². The second-order valence-corrected chi connectivity index (χ2v) is 8.19. The molecule has 0 radical (unpaired) electrons. The lowest BCUT2D eigenvalue weighted by Crippen LogP contribution is -2.52. The Balaban J connectivity index is 1.49. The van der Waals surface area contributed by atoms with Gasteiger partial charge in [-0.15, -0.1) is 0 Å². The molecular weight excluding hydrogens is 405 g/mol. The summed E-state index contributed by atoms with van der Waals surface area (Å²) in [5.74, 6) is -0.986. The minimum atomic E-state index is -0.642. The third-order valence-corrected chi connectivity index (χ3v) is 6.04. The molecule has 0 bridgehead atoms. The molecule has 1 spiro atoms. The summed E-state index contributed by atoms with van der Waals surface area (Å²) in [5.41, 5.74) is 1.25. The number of carbonyl (C=O) groups excluding carboxylic acids is 2. The smallest absolute Gasteiger partial charge is 0.275 e. The van der Waals surface area contributed by atoms with Crippen LogP contribution in [0.5, 0.6) is 0 Å². The summed E-state index contributed by atoms with van der Waals surface area (Å²) in [7, 11) is 0. The maximum Gasteiger partial charge on any atom is 0.275 e. The van der Waals surface area contributed by atoms with Crippen LogP contribution in [0.2, 0.25) is 5.02 Å². The summed E-state index contributed by atoms with van der Waals surface area (Å²) in [6.45, 7) is 0.147. The Kier molecular flexibility index (Phi) is 5.86. The molecule has 1 saturated carbocycles. The summed E-state index contributed by atoms with van der Waals surface area (Å²) < 4.78 is 13.3. The van der Waals surface area contributed by atoms with Crippen LogP contribution in [0.4, 0.5) is 4.39 Å². The molecule has 0 saturated heterocycles. The van der Waals surface area contributed by atoms with Crippen molar-refractivity contribution in [2.75, 3.05) is 6.54 Å². The van der Waals surface area contributed by atoms with Gasteiger partial charge in [0.05, 0.1) is 5.02 Å². The molecular formula is C23H23ClFN3O2. The predicted molar refractivity (Wildman–Crippen MR) is 114 cm³/mol. The van der Waals surface area contributed by atoms with E-state index in [9.17, 15) is 14.0 Å². The molecule has 2 aromatic carbocycles. The van der Waals surface area contributed by atoms with Crippen LogP contribution in [0.3, 0.4) is 0 Å². The molecule has 2 aliphatic rings. The minimum Gasteiger partial charge on any atom is -0.350 e. The molecule has 156 valence electrons. The van der Waals surface area contributed by atoms with Gasteiger partial charge >= 0.3 is 0 Å². The van der Waals surface area contributed by atoms with E-state index in [0.717, 1.165) is 37.7 Å². The topological polar surface area (TPSA) is 61.8 Å². The second-order valence-electron chi connectivity index (χ2n) is 7.79. The van der Waals surface area contributed by atoms with Crippen molar-refractivity contribution in [3.63, 3.8) is 0 Å². The molecule has 0 aromatic heterocycles. The first-order valence-electron chi connectivity index (χ1n) is 10.2. The highest BCUT2D eigenvalue weighted by molar-refractivity contribution is 6.47. The van der Waals surface area contributed by atoms with Crippen LogP contribution in [-0.2, 0) is 16.1 Å². The van der Waals surface area contributed by atoms with E-state index in [1.54, 1.807) is 11.0 Å². The third kappa shape index (κ3) is 4.10. The van der Waals surface area contributed by atoms with Gasteiger partial charge in [-0.25, -0.2) is 4.39 Å². The fourth-order valence-corrected chi connectivity index (χ4v) is 4.39. The quantitative estimate of drug-likeness (QED) is 0.781. The Hall–Kier alpha value is -2.73. The average Bonchev–Trinajstić information content (AvgIpc) is 3.01. The van der Waals surface area contributed by atoms with Gasteiger partial charge in [0.15, 0.2) is 0 Å². The summed E-state index contributed by atoms with van der Waals surface area (Å²) in [4.78, 5) is 32.4. The largest absolute Gasteiger partial charge is 0.350 e. The number of halogens is 2. The maximum atomic E-state index is 13.3. The molecule has 5 nitrogen and oxygen atoms in total. The molecule has 4 rings (SSSR count). The Morgan fingerprint density at radius 1 is 1.13 bits per heavy atom. The number of benzene rings is 2. The monoisotopic (exact) mass is 427 g/mol. The number of nitrogens with zero attached hydrogens (tertiary/aromatic N) is 2. The Morgan fingerprint density at radius 2 is 1.87 bits per heavy atom. The zero-order chi connectivity index (χ0) is 21.1. The fraction of sp³-hybridized carbons (Fsp3) is 0.348. The zero-order valence-electron chi connectivity index (χ0n) is 16.5. The summed E-state index contributed by atoms with van der Waals surface area (Å²) in [5, 5.41) is 2.82. The Labute approximate surface area is 179 Å². The first kappa shape index (κ1) is 20.5. The van der Waals surface area contributed by atoms with Crippen molar-refractivity contribution in [3.05, 3.63) is 70.5 Å². The van der Waals surface area contributed by atoms with Crippen LogP contribution in [0.15, 0.2) is 53.5 Å². The average molecular weight is 428 g/mol. The van der Waals surface area contributed by atoms with Crippen molar-refractivity contribution in [3.8, 4) is 0 Å². The van der Waals surface area contributed by atoms with Gasteiger partial charge in [-0.05, 0) is 43.4 Å². The van der Waals surface area contributed by atoms with Crippen molar-refractivity contribution in [1.82, 2.24) is 10.2 Å². The molecule has 1 aliphatic carbocycles. The lowest BCUT2D eigenvalue weighted by atomic mass is 9.88. The Bertz CT molecular complexity index is 987. The van der Waals surface area contributed by atoms with E-state index in [2.05, 4.69) is 5.32 Å². The highest BCUT2D eigenvalue weighted by atomic mass is 35.5. The van der Waals surface area contributed by atoms with Gasteiger partial charge in [-0.2, -0.15) is 0 Å². The van der Waals surface area contributed by atoms with Crippen LogP contribution >= 0.6 is 11.6 Å². The normalized spacial score (nSPS) is 17.9. The van der Waals surface area contributed by atoms with E-state index in [1.165, 1.54) is 12.1 Å².